The van der Waals surface area contributed by atoms with Crippen LogP contribution in [0.3, 0.4) is 0 Å². The first kappa shape index (κ1) is 24.7. The fourth-order valence-electron chi connectivity index (χ4n) is 4.77. The average Bonchev–Trinajstić information content (AvgIpc) is 3.19. The molecule has 1 fully saturated rings. The number of hydrogen-bond acceptors (Lipinski definition) is 5. The first-order valence-corrected chi connectivity index (χ1v) is 11.6. The lowest BCUT2D eigenvalue weighted by molar-refractivity contribution is -0.152. The SMILES string of the molecule is Cc1cc(N(CC2CCC(Nc3cc(N(C)C)c4ccccc4n3)CC2)C(N)=O)c(C(F)(F)F)o1. The van der Waals surface area contributed by atoms with Gasteiger partial charge in [0.25, 0.3) is 0 Å². The molecule has 3 N–H and O–H groups in total. The number of alkyl halides is 3. The number of fused-ring (bicyclic) bond motifs is 1. The Kier molecular flexibility index (Phi) is 6.82. The zero-order chi connectivity index (χ0) is 25.3. The van der Waals surface area contributed by atoms with Gasteiger partial charge in [-0.3, -0.25) is 4.90 Å². The zero-order valence-corrected chi connectivity index (χ0v) is 20.0. The van der Waals surface area contributed by atoms with Crippen molar-refractivity contribution in [2.75, 3.05) is 35.8 Å². The molecule has 10 heteroatoms. The summed E-state index contributed by atoms with van der Waals surface area (Å²) in [6.45, 7) is 1.53. The van der Waals surface area contributed by atoms with Crippen molar-refractivity contribution in [3.8, 4) is 0 Å². The van der Waals surface area contributed by atoms with Gasteiger partial charge >= 0.3 is 12.2 Å². The molecule has 0 aliphatic heterocycles. The van der Waals surface area contributed by atoms with Crippen molar-refractivity contribution < 1.29 is 22.4 Å². The van der Waals surface area contributed by atoms with Crippen LogP contribution in [0.2, 0.25) is 0 Å². The van der Waals surface area contributed by atoms with Gasteiger partial charge in [0, 0.05) is 49.9 Å². The van der Waals surface area contributed by atoms with Gasteiger partial charge in [-0.05, 0) is 44.6 Å². The molecule has 1 saturated carbocycles. The van der Waals surface area contributed by atoms with E-state index < -0.39 is 18.0 Å². The Balaban J connectivity index is 1.43. The van der Waals surface area contributed by atoms with Gasteiger partial charge in [0.15, 0.2) is 0 Å². The molecule has 2 aromatic heterocycles. The quantitative estimate of drug-likeness (QED) is 0.459. The normalized spacial score (nSPS) is 18.5. The maximum absolute atomic E-state index is 13.4. The third-order valence-electron chi connectivity index (χ3n) is 6.47. The van der Waals surface area contributed by atoms with E-state index in [0.29, 0.717) is 0 Å². The van der Waals surface area contributed by atoms with Crippen LogP contribution in [-0.2, 0) is 6.18 Å². The van der Waals surface area contributed by atoms with Crippen LogP contribution < -0.4 is 20.9 Å². The van der Waals surface area contributed by atoms with Gasteiger partial charge in [0.1, 0.15) is 11.6 Å². The van der Waals surface area contributed by atoms with Gasteiger partial charge in [-0.15, -0.1) is 0 Å². The van der Waals surface area contributed by atoms with Crippen LogP contribution in [0.1, 0.15) is 37.2 Å². The predicted molar refractivity (Wildman–Crippen MR) is 131 cm³/mol. The van der Waals surface area contributed by atoms with E-state index in [4.69, 9.17) is 15.1 Å². The number of aromatic nitrogens is 1. The summed E-state index contributed by atoms with van der Waals surface area (Å²) < 4.78 is 45.1. The Labute approximate surface area is 202 Å². The number of primary amides is 1. The molecule has 2 heterocycles. The second kappa shape index (κ2) is 9.67. The van der Waals surface area contributed by atoms with E-state index >= 15 is 0 Å². The Morgan fingerprint density at radius 3 is 2.46 bits per heavy atom. The molecule has 0 atom stereocenters. The molecule has 7 nitrogen and oxygen atoms in total. The number of benzene rings is 1. The molecule has 2 amide bonds. The van der Waals surface area contributed by atoms with Crippen molar-refractivity contribution in [1.29, 1.82) is 0 Å². The number of rotatable bonds is 6. The van der Waals surface area contributed by atoms with E-state index in [2.05, 4.69) is 10.2 Å². The lowest BCUT2D eigenvalue weighted by atomic mass is 9.85. The summed E-state index contributed by atoms with van der Waals surface area (Å²) in [7, 11) is 3.99. The highest BCUT2D eigenvalue weighted by atomic mass is 19.4. The first-order valence-electron chi connectivity index (χ1n) is 11.6. The average molecular weight is 490 g/mol. The van der Waals surface area contributed by atoms with Crippen LogP contribution in [0, 0.1) is 12.8 Å². The monoisotopic (exact) mass is 489 g/mol. The van der Waals surface area contributed by atoms with Crippen molar-refractivity contribution in [2.24, 2.45) is 11.7 Å². The molecule has 1 aliphatic carbocycles. The molecule has 3 aromatic rings. The summed E-state index contributed by atoms with van der Waals surface area (Å²) in [5.74, 6) is -0.299. The van der Waals surface area contributed by atoms with Gasteiger partial charge < -0.3 is 20.4 Å². The molecular formula is C25H30F3N5O2. The third-order valence-corrected chi connectivity index (χ3v) is 6.47. The number of nitrogens with two attached hydrogens (primary N) is 1. The predicted octanol–water partition coefficient (Wildman–Crippen LogP) is 5.78. The second-order valence-electron chi connectivity index (χ2n) is 9.32. The number of para-hydroxylation sites is 1. The highest BCUT2D eigenvalue weighted by Crippen LogP contribution is 2.40. The summed E-state index contributed by atoms with van der Waals surface area (Å²) in [5.41, 5.74) is 7.13. The van der Waals surface area contributed by atoms with Crippen molar-refractivity contribution >= 4 is 34.1 Å². The Morgan fingerprint density at radius 2 is 1.83 bits per heavy atom. The minimum Gasteiger partial charge on any atom is -0.455 e. The highest BCUT2D eigenvalue weighted by Gasteiger charge is 2.41. The number of pyridine rings is 1. The summed E-state index contributed by atoms with van der Waals surface area (Å²) >= 11 is 0. The summed E-state index contributed by atoms with van der Waals surface area (Å²) in [6, 6.07) is 10.5. The van der Waals surface area contributed by atoms with E-state index in [9.17, 15) is 18.0 Å². The van der Waals surface area contributed by atoms with Crippen molar-refractivity contribution in [3.05, 3.63) is 47.9 Å². The molecular weight excluding hydrogens is 459 g/mol. The number of nitrogens with zero attached hydrogens (tertiary/aromatic N) is 3. The lowest BCUT2D eigenvalue weighted by Crippen LogP contribution is -2.41. The summed E-state index contributed by atoms with van der Waals surface area (Å²) in [4.78, 5) is 19.9. The number of carbonyl (C=O) groups excluding carboxylic acids is 1. The highest BCUT2D eigenvalue weighted by molar-refractivity contribution is 5.93. The number of halogens is 3. The van der Waals surface area contributed by atoms with Gasteiger partial charge in [0.2, 0.25) is 5.76 Å². The topological polar surface area (TPSA) is 87.6 Å². The third kappa shape index (κ3) is 5.47. The van der Waals surface area contributed by atoms with E-state index in [1.165, 1.54) is 13.0 Å². The second-order valence-corrected chi connectivity index (χ2v) is 9.32. The van der Waals surface area contributed by atoms with Crippen molar-refractivity contribution in [1.82, 2.24) is 4.98 Å². The minimum atomic E-state index is -4.71. The Hall–Kier alpha value is -3.43. The number of anilines is 3. The molecule has 0 saturated heterocycles. The molecule has 0 radical (unpaired) electrons. The van der Waals surface area contributed by atoms with Crippen LogP contribution in [-0.4, -0.2) is 37.7 Å². The Morgan fingerprint density at radius 1 is 1.14 bits per heavy atom. The minimum absolute atomic E-state index is 0.0266. The van der Waals surface area contributed by atoms with E-state index in [1.807, 2.05) is 44.4 Å². The fourth-order valence-corrected chi connectivity index (χ4v) is 4.77. The van der Waals surface area contributed by atoms with Crippen LogP contribution in [0.5, 0.6) is 0 Å². The zero-order valence-electron chi connectivity index (χ0n) is 20.0. The maximum Gasteiger partial charge on any atom is 0.451 e. The molecule has 188 valence electrons. The molecule has 1 aromatic carbocycles. The van der Waals surface area contributed by atoms with Gasteiger partial charge in [-0.1, -0.05) is 18.2 Å². The van der Waals surface area contributed by atoms with Crippen LogP contribution in [0.15, 0.2) is 40.8 Å². The van der Waals surface area contributed by atoms with Crippen molar-refractivity contribution in [3.63, 3.8) is 0 Å². The molecule has 0 unspecified atom stereocenters. The molecule has 1 aliphatic rings. The van der Waals surface area contributed by atoms with E-state index in [0.717, 1.165) is 53.0 Å². The lowest BCUT2D eigenvalue weighted by Gasteiger charge is -2.32. The van der Waals surface area contributed by atoms with Crippen molar-refractivity contribution in [2.45, 2.75) is 44.8 Å². The number of hydrogen-bond donors (Lipinski definition) is 2. The molecule has 0 spiro atoms. The molecule has 0 bridgehead atoms. The standard InChI is InChI=1S/C25H30F3N5O2/c1-15-12-21(23(35-15)25(26,27)28)33(24(29)34)14-16-8-10-17(11-9-16)30-22-13-20(32(2)3)18-6-4-5-7-19(18)31-22/h4-7,12-13,16-17H,8-11,14H2,1-3H3,(H2,29,34)(H,30,31). The summed E-state index contributed by atoms with van der Waals surface area (Å²) in [5, 5.41) is 4.60. The van der Waals surface area contributed by atoms with Gasteiger partial charge in [-0.2, -0.15) is 13.2 Å². The molecule has 4 rings (SSSR count). The largest absolute Gasteiger partial charge is 0.455 e. The van der Waals surface area contributed by atoms with Crippen LogP contribution in [0.4, 0.5) is 35.2 Å². The number of urea groups is 1. The number of furan rings is 1. The summed E-state index contributed by atoms with van der Waals surface area (Å²) in [6.07, 6.45) is -1.61. The van der Waals surface area contributed by atoms with E-state index in [1.54, 1.807) is 0 Å². The van der Waals surface area contributed by atoms with E-state index in [-0.39, 0.29) is 30.0 Å². The van der Waals surface area contributed by atoms with Gasteiger partial charge in [-0.25, -0.2) is 9.78 Å². The Bertz CT molecular complexity index is 1200. The van der Waals surface area contributed by atoms with Gasteiger partial charge in [0.05, 0.1) is 11.2 Å². The number of nitrogens with one attached hydrogen (secondary N) is 1. The molecule has 35 heavy (non-hydrogen) atoms. The number of aryl methyl sites for hydroxylation is 1. The van der Waals surface area contributed by atoms with Crippen LogP contribution >= 0.6 is 0 Å². The smallest absolute Gasteiger partial charge is 0.451 e. The van der Waals surface area contributed by atoms with Crippen LogP contribution in [0.25, 0.3) is 10.9 Å². The number of amides is 2. The fraction of sp³-hybridized carbons (Fsp3) is 0.440. The number of carbonyl (C=O) groups is 1. The maximum atomic E-state index is 13.4. The first-order chi connectivity index (χ1) is 16.5.